The van der Waals surface area contributed by atoms with Gasteiger partial charge in [0.1, 0.15) is 6.10 Å². The number of allylic oxidation sites excluding steroid dienone is 4. The molecule has 0 bridgehead atoms. The second-order valence-corrected chi connectivity index (χ2v) is 11.0. The molecule has 6 unspecified atom stereocenters. The minimum atomic E-state index is -0.386. The summed E-state index contributed by atoms with van der Waals surface area (Å²) in [5.41, 5.74) is 2.25. The maximum Gasteiger partial charge on any atom is 0.305 e. The molecule has 0 spiro atoms. The van der Waals surface area contributed by atoms with Crippen LogP contribution in [0.1, 0.15) is 79.1 Å². The van der Waals surface area contributed by atoms with Crippen molar-refractivity contribution in [3.8, 4) is 0 Å². The predicted molar refractivity (Wildman–Crippen MR) is 122 cm³/mol. The highest BCUT2D eigenvalue weighted by Gasteiger charge is 2.59. The number of ketones is 1. The van der Waals surface area contributed by atoms with Gasteiger partial charge in [-0.2, -0.15) is 0 Å². The summed E-state index contributed by atoms with van der Waals surface area (Å²) in [5, 5.41) is 0. The molecule has 176 valence electrons. The molecule has 0 saturated heterocycles. The van der Waals surface area contributed by atoms with E-state index in [9.17, 15) is 14.4 Å². The van der Waals surface area contributed by atoms with Crippen LogP contribution in [0.3, 0.4) is 0 Å². The molecule has 4 aliphatic carbocycles. The fourth-order valence-corrected chi connectivity index (χ4v) is 7.55. The van der Waals surface area contributed by atoms with Crippen molar-refractivity contribution in [3.05, 3.63) is 23.3 Å². The Morgan fingerprint density at radius 3 is 2.66 bits per heavy atom. The van der Waals surface area contributed by atoms with Gasteiger partial charge in [0.25, 0.3) is 0 Å². The summed E-state index contributed by atoms with van der Waals surface area (Å²) >= 11 is 0. The van der Waals surface area contributed by atoms with Crippen molar-refractivity contribution in [1.82, 2.24) is 0 Å². The Balaban J connectivity index is 1.58. The van der Waals surface area contributed by atoms with E-state index in [2.05, 4.69) is 26.8 Å². The third-order valence-electron chi connectivity index (χ3n) is 9.48. The van der Waals surface area contributed by atoms with Gasteiger partial charge in [0.05, 0.1) is 7.11 Å². The van der Waals surface area contributed by atoms with Crippen molar-refractivity contribution in [2.45, 2.75) is 85.2 Å². The number of hydrogen-bond donors (Lipinski definition) is 0. The Morgan fingerprint density at radius 1 is 1.22 bits per heavy atom. The lowest BCUT2D eigenvalue weighted by Crippen LogP contribution is -2.48. The Kier molecular flexibility index (Phi) is 6.15. The molecule has 0 heterocycles. The van der Waals surface area contributed by atoms with Crippen LogP contribution in [0.25, 0.3) is 0 Å². The number of esters is 2. The first-order valence-electron chi connectivity index (χ1n) is 12.3. The highest BCUT2D eigenvalue weighted by atomic mass is 16.5. The Morgan fingerprint density at radius 2 is 1.97 bits per heavy atom. The minimum Gasteiger partial charge on any atom is -0.469 e. The second kappa shape index (κ2) is 8.46. The molecule has 0 radical (unpaired) electrons. The van der Waals surface area contributed by atoms with Crippen LogP contribution in [-0.4, -0.2) is 30.9 Å². The molecular weight excluding hydrogens is 404 g/mol. The van der Waals surface area contributed by atoms with Crippen molar-refractivity contribution in [1.29, 1.82) is 0 Å². The average molecular weight is 443 g/mol. The van der Waals surface area contributed by atoms with E-state index in [-0.39, 0.29) is 46.5 Å². The number of rotatable bonds is 5. The van der Waals surface area contributed by atoms with Gasteiger partial charge in [0.2, 0.25) is 0 Å². The molecule has 5 heteroatoms. The number of carbonyl (C=O) groups excluding carboxylic acids is 3. The lowest BCUT2D eigenvalue weighted by atomic mass is 9.51. The topological polar surface area (TPSA) is 69.7 Å². The molecule has 4 aliphatic rings. The summed E-state index contributed by atoms with van der Waals surface area (Å²) in [6, 6.07) is 0. The molecule has 0 amide bonds. The molecule has 2 fully saturated rings. The van der Waals surface area contributed by atoms with Gasteiger partial charge in [0.15, 0.2) is 5.78 Å². The molecule has 32 heavy (non-hydrogen) atoms. The largest absolute Gasteiger partial charge is 0.469 e. The molecule has 4 rings (SSSR count). The van der Waals surface area contributed by atoms with Gasteiger partial charge in [-0.05, 0) is 91.3 Å². The van der Waals surface area contributed by atoms with E-state index in [1.807, 2.05) is 6.08 Å². The van der Waals surface area contributed by atoms with Crippen LogP contribution in [0.2, 0.25) is 0 Å². The molecule has 2 saturated carbocycles. The number of ether oxygens (including phenoxy) is 2. The predicted octanol–water partition coefficient (Wildman–Crippen LogP) is 5.19. The van der Waals surface area contributed by atoms with Crippen LogP contribution in [0.15, 0.2) is 23.3 Å². The zero-order valence-electron chi connectivity index (χ0n) is 20.2. The Bertz CT molecular complexity index is 869. The summed E-state index contributed by atoms with van der Waals surface area (Å²) in [6.07, 6.45) is 11.3. The highest BCUT2D eigenvalue weighted by Crippen LogP contribution is 2.64. The zero-order chi connectivity index (χ0) is 23.3. The summed E-state index contributed by atoms with van der Waals surface area (Å²) in [6.45, 7) is 8.17. The van der Waals surface area contributed by atoms with E-state index in [0.717, 1.165) is 44.9 Å². The van der Waals surface area contributed by atoms with Gasteiger partial charge in [-0.3, -0.25) is 14.4 Å². The molecule has 7 atom stereocenters. The third kappa shape index (κ3) is 3.66. The highest BCUT2D eigenvalue weighted by molar-refractivity contribution is 5.99. The van der Waals surface area contributed by atoms with E-state index >= 15 is 0 Å². The van der Waals surface area contributed by atoms with E-state index in [4.69, 9.17) is 9.47 Å². The van der Waals surface area contributed by atoms with E-state index < -0.39 is 0 Å². The van der Waals surface area contributed by atoms with Crippen LogP contribution in [0.4, 0.5) is 0 Å². The van der Waals surface area contributed by atoms with Gasteiger partial charge in [-0.15, -0.1) is 0 Å². The maximum absolute atomic E-state index is 13.7. The van der Waals surface area contributed by atoms with Gasteiger partial charge < -0.3 is 9.47 Å². The van der Waals surface area contributed by atoms with Crippen LogP contribution in [0, 0.1) is 34.5 Å². The first-order valence-corrected chi connectivity index (χ1v) is 12.3. The fraction of sp³-hybridized carbons (Fsp3) is 0.741. The van der Waals surface area contributed by atoms with E-state index in [1.165, 1.54) is 25.2 Å². The van der Waals surface area contributed by atoms with Crippen LogP contribution in [0.5, 0.6) is 0 Å². The van der Waals surface area contributed by atoms with Crippen molar-refractivity contribution >= 4 is 17.7 Å². The fourth-order valence-electron chi connectivity index (χ4n) is 7.55. The van der Waals surface area contributed by atoms with Gasteiger partial charge in [-0.1, -0.05) is 26.8 Å². The van der Waals surface area contributed by atoms with Crippen LogP contribution >= 0.6 is 0 Å². The monoisotopic (exact) mass is 442 g/mol. The zero-order valence-corrected chi connectivity index (χ0v) is 20.2. The average Bonchev–Trinajstić information content (AvgIpc) is 3.11. The standard InChI is InChI=1S/C27H38O5/c1-16(6-11-25(30)31-5)21-9-10-22-20-8-7-18-14-19(32-17(2)28)12-13-26(18,3)23(20)15-24(29)27(21,22)4/h8,15-16,18-19,21-22H,6-7,9-14H2,1-5H3/t16?,18?,19-,21?,22?,26?,27?/m1/s1. The first kappa shape index (κ1) is 23.3. The van der Waals surface area contributed by atoms with Gasteiger partial charge >= 0.3 is 11.9 Å². The summed E-state index contributed by atoms with van der Waals surface area (Å²) < 4.78 is 10.4. The van der Waals surface area contributed by atoms with Gasteiger partial charge in [-0.25, -0.2) is 0 Å². The first-order chi connectivity index (χ1) is 15.1. The normalized spacial score (nSPS) is 39.1. The molecule has 5 nitrogen and oxygen atoms in total. The molecule has 0 aromatic rings. The lowest BCUT2D eigenvalue weighted by Gasteiger charge is -2.53. The smallest absolute Gasteiger partial charge is 0.305 e. The van der Waals surface area contributed by atoms with Crippen molar-refractivity contribution in [2.24, 2.45) is 34.5 Å². The van der Waals surface area contributed by atoms with E-state index in [1.54, 1.807) is 0 Å². The van der Waals surface area contributed by atoms with Crippen molar-refractivity contribution < 1.29 is 23.9 Å². The minimum absolute atomic E-state index is 0.00259. The Hall–Kier alpha value is -1.91. The van der Waals surface area contributed by atoms with Crippen LogP contribution in [-0.2, 0) is 23.9 Å². The third-order valence-corrected chi connectivity index (χ3v) is 9.48. The lowest BCUT2D eigenvalue weighted by molar-refractivity contribution is -0.150. The second-order valence-electron chi connectivity index (χ2n) is 11.0. The van der Waals surface area contributed by atoms with Gasteiger partial charge in [0, 0.05) is 18.8 Å². The number of carbonyl (C=O) groups is 3. The maximum atomic E-state index is 13.7. The SMILES string of the molecule is COC(=O)CCC(C)C1CCC2C3=CCC4C[C@H](OC(C)=O)CCC4(C)C3=CC(=O)C21C. The summed E-state index contributed by atoms with van der Waals surface area (Å²) in [4.78, 5) is 36.8. The molecule has 0 aromatic heterocycles. The van der Waals surface area contributed by atoms with Crippen LogP contribution < -0.4 is 0 Å². The molecule has 0 N–H and O–H groups in total. The number of hydrogen-bond acceptors (Lipinski definition) is 5. The summed E-state index contributed by atoms with van der Waals surface area (Å²) in [5.74, 6) is 1.15. The van der Waals surface area contributed by atoms with E-state index in [0.29, 0.717) is 18.3 Å². The molecular formula is C27H38O5. The number of fused-ring (bicyclic) bond motifs is 5. The van der Waals surface area contributed by atoms with Crippen molar-refractivity contribution in [2.75, 3.05) is 7.11 Å². The van der Waals surface area contributed by atoms with Crippen molar-refractivity contribution in [3.63, 3.8) is 0 Å². The Labute approximate surface area is 192 Å². The summed E-state index contributed by atoms with van der Waals surface area (Å²) in [7, 11) is 1.43. The number of methoxy groups -OCH3 is 1. The molecule has 0 aromatic carbocycles. The molecule has 0 aliphatic heterocycles. The quantitative estimate of drug-likeness (QED) is 0.548.